The fourth-order valence-electron chi connectivity index (χ4n) is 3.44. The van der Waals surface area contributed by atoms with Crippen LogP contribution >= 0.6 is 24.0 Å². The molecule has 6 nitrogen and oxygen atoms in total. The largest absolute Gasteiger partial charge is 0.493 e. The van der Waals surface area contributed by atoms with Gasteiger partial charge in [0.1, 0.15) is 5.82 Å². The summed E-state index contributed by atoms with van der Waals surface area (Å²) in [4.78, 5) is 6.56. The molecule has 0 atom stereocenters. The topological polar surface area (TPSA) is 66.3 Å². The monoisotopic (exact) mass is 515 g/mol. The second-order valence-corrected chi connectivity index (χ2v) is 6.63. The summed E-state index contributed by atoms with van der Waals surface area (Å²) in [5, 5.41) is 12.6. The quantitative estimate of drug-likeness (QED) is 0.364. The van der Waals surface area contributed by atoms with Gasteiger partial charge in [0.25, 0.3) is 0 Å². The number of halogens is 2. The van der Waals surface area contributed by atoms with E-state index in [4.69, 9.17) is 9.47 Å². The van der Waals surface area contributed by atoms with Gasteiger partial charge in [-0.3, -0.25) is 4.99 Å². The van der Waals surface area contributed by atoms with Gasteiger partial charge < -0.3 is 24.8 Å². The third-order valence-corrected chi connectivity index (χ3v) is 4.96. The maximum absolute atomic E-state index is 13.6. The molecule has 0 amide bonds. The number of benzene rings is 2. The number of aliphatic hydroxyl groups is 1. The molecule has 0 aliphatic carbocycles. The van der Waals surface area contributed by atoms with E-state index in [1.54, 1.807) is 33.4 Å². The SMILES string of the molecule is CN=C(NCc1ccc(F)c(CO)c1)N1CCc2cc(OC)c(OC)cc2C1.I. The molecule has 0 spiro atoms. The zero-order valence-electron chi connectivity index (χ0n) is 16.9. The highest BCUT2D eigenvalue weighted by Gasteiger charge is 2.21. The molecule has 0 bridgehead atoms. The van der Waals surface area contributed by atoms with Crippen LogP contribution in [0.25, 0.3) is 0 Å². The van der Waals surface area contributed by atoms with Crippen molar-refractivity contribution in [2.75, 3.05) is 27.8 Å². The number of rotatable bonds is 5. The van der Waals surface area contributed by atoms with E-state index in [9.17, 15) is 9.50 Å². The first-order valence-corrected chi connectivity index (χ1v) is 9.17. The van der Waals surface area contributed by atoms with Crippen molar-refractivity contribution >= 4 is 29.9 Å². The Morgan fingerprint density at radius 1 is 1.17 bits per heavy atom. The van der Waals surface area contributed by atoms with Crippen molar-refractivity contribution in [3.8, 4) is 11.5 Å². The zero-order valence-corrected chi connectivity index (χ0v) is 19.2. The zero-order chi connectivity index (χ0) is 20.1. The van der Waals surface area contributed by atoms with Gasteiger partial charge in [-0.15, -0.1) is 24.0 Å². The Morgan fingerprint density at radius 2 is 1.86 bits per heavy atom. The minimum absolute atomic E-state index is 0. The Kier molecular flexibility index (Phi) is 8.51. The molecule has 3 rings (SSSR count). The molecule has 29 heavy (non-hydrogen) atoms. The Bertz CT molecular complexity index is 876. The van der Waals surface area contributed by atoms with E-state index in [0.29, 0.717) is 24.4 Å². The van der Waals surface area contributed by atoms with Crippen molar-refractivity contribution in [3.05, 3.63) is 58.4 Å². The van der Waals surface area contributed by atoms with Crippen LogP contribution in [0.15, 0.2) is 35.3 Å². The summed E-state index contributed by atoms with van der Waals surface area (Å²) >= 11 is 0. The number of hydrogen-bond acceptors (Lipinski definition) is 4. The summed E-state index contributed by atoms with van der Waals surface area (Å²) in [7, 11) is 5.02. The lowest BCUT2D eigenvalue weighted by Gasteiger charge is -2.32. The van der Waals surface area contributed by atoms with Crippen molar-refractivity contribution < 1.29 is 19.0 Å². The standard InChI is InChI=1S/C21H26FN3O3.HI/c1-23-21(24-11-14-4-5-18(22)17(8-14)13-26)25-7-6-15-9-19(27-2)20(28-3)10-16(15)12-25;/h4-5,8-10,26H,6-7,11-13H2,1-3H3,(H,23,24);1H. The molecule has 0 unspecified atom stereocenters. The van der Waals surface area contributed by atoms with E-state index in [1.807, 2.05) is 12.1 Å². The van der Waals surface area contributed by atoms with Crippen LogP contribution in [0, 0.1) is 5.82 Å². The number of hydrogen-bond donors (Lipinski definition) is 2. The molecule has 1 aliphatic rings. The first kappa shape index (κ1) is 23.2. The summed E-state index contributed by atoms with van der Waals surface area (Å²) in [5.41, 5.74) is 3.60. The molecular weight excluding hydrogens is 488 g/mol. The minimum Gasteiger partial charge on any atom is -0.493 e. The minimum atomic E-state index is -0.396. The number of fused-ring (bicyclic) bond motifs is 1. The van der Waals surface area contributed by atoms with Crippen molar-refractivity contribution in [2.45, 2.75) is 26.1 Å². The summed E-state index contributed by atoms with van der Waals surface area (Å²) in [6, 6.07) is 8.80. The van der Waals surface area contributed by atoms with Crippen LogP contribution in [-0.4, -0.2) is 43.8 Å². The maximum atomic E-state index is 13.6. The normalized spacial score (nSPS) is 13.4. The van der Waals surface area contributed by atoms with Crippen molar-refractivity contribution in [1.29, 1.82) is 0 Å². The van der Waals surface area contributed by atoms with Gasteiger partial charge in [0, 0.05) is 32.2 Å². The Labute approximate surface area is 187 Å². The van der Waals surface area contributed by atoms with Crippen molar-refractivity contribution in [2.24, 2.45) is 4.99 Å². The van der Waals surface area contributed by atoms with E-state index < -0.39 is 5.82 Å². The Balaban J connectivity index is 0.00000300. The molecule has 2 N–H and O–H groups in total. The molecule has 1 heterocycles. The molecule has 0 fully saturated rings. The molecule has 2 aromatic carbocycles. The lowest BCUT2D eigenvalue weighted by molar-refractivity contribution is 0.275. The molecule has 0 aromatic heterocycles. The third-order valence-electron chi connectivity index (χ3n) is 4.96. The van der Waals surface area contributed by atoms with Crippen LogP contribution < -0.4 is 14.8 Å². The van der Waals surface area contributed by atoms with Gasteiger partial charge in [0.15, 0.2) is 17.5 Å². The van der Waals surface area contributed by atoms with Crippen LogP contribution in [0.1, 0.15) is 22.3 Å². The predicted octanol–water partition coefficient (Wildman–Crippen LogP) is 3.09. The van der Waals surface area contributed by atoms with E-state index >= 15 is 0 Å². The lowest BCUT2D eigenvalue weighted by Crippen LogP contribution is -2.43. The van der Waals surface area contributed by atoms with E-state index in [1.165, 1.54) is 17.2 Å². The smallest absolute Gasteiger partial charge is 0.194 e. The van der Waals surface area contributed by atoms with Gasteiger partial charge in [-0.1, -0.05) is 6.07 Å². The number of aliphatic imine (C=N–C) groups is 1. The second kappa shape index (κ2) is 10.6. The fourth-order valence-corrected chi connectivity index (χ4v) is 3.44. The van der Waals surface area contributed by atoms with Crippen molar-refractivity contribution in [1.82, 2.24) is 10.2 Å². The average Bonchev–Trinajstić information content (AvgIpc) is 2.73. The van der Waals surface area contributed by atoms with Gasteiger partial charge >= 0.3 is 0 Å². The van der Waals surface area contributed by atoms with Crippen LogP contribution in [-0.2, 0) is 26.1 Å². The number of aliphatic hydroxyl groups excluding tert-OH is 1. The lowest BCUT2D eigenvalue weighted by atomic mass is 9.99. The number of guanidine groups is 1. The third kappa shape index (κ3) is 5.30. The van der Waals surface area contributed by atoms with Gasteiger partial charge in [-0.2, -0.15) is 0 Å². The van der Waals surface area contributed by atoms with Gasteiger partial charge in [0.2, 0.25) is 0 Å². The highest BCUT2D eigenvalue weighted by Crippen LogP contribution is 2.33. The highest BCUT2D eigenvalue weighted by molar-refractivity contribution is 14.0. The highest BCUT2D eigenvalue weighted by atomic mass is 127. The summed E-state index contributed by atoms with van der Waals surface area (Å²) in [6.45, 7) is 1.71. The number of nitrogens with zero attached hydrogens (tertiary/aromatic N) is 2. The number of ether oxygens (including phenoxy) is 2. The summed E-state index contributed by atoms with van der Waals surface area (Å²) in [6.07, 6.45) is 0.877. The van der Waals surface area contributed by atoms with E-state index in [0.717, 1.165) is 30.2 Å². The Hall–Kier alpha value is -2.07. The van der Waals surface area contributed by atoms with E-state index in [2.05, 4.69) is 15.2 Å². The first-order chi connectivity index (χ1) is 13.6. The summed E-state index contributed by atoms with van der Waals surface area (Å²) < 4.78 is 24.4. The molecule has 1 aliphatic heterocycles. The van der Waals surface area contributed by atoms with E-state index in [-0.39, 0.29) is 30.6 Å². The van der Waals surface area contributed by atoms with Gasteiger partial charge in [0.05, 0.1) is 20.8 Å². The molecule has 8 heteroatoms. The Morgan fingerprint density at radius 3 is 2.48 bits per heavy atom. The van der Waals surface area contributed by atoms with Crippen LogP contribution in [0.2, 0.25) is 0 Å². The van der Waals surface area contributed by atoms with Crippen LogP contribution in [0.5, 0.6) is 11.5 Å². The number of nitrogens with one attached hydrogen (secondary N) is 1. The molecule has 0 saturated carbocycles. The number of methoxy groups -OCH3 is 2. The average molecular weight is 515 g/mol. The molecule has 158 valence electrons. The summed E-state index contributed by atoms with van der Waals surface area (Å²) in [5.74, 6) is 1.84. The van der Waals surface area contributed by atoms with Gasteiger partial charge in [-0.05, 0) is 47.4 Å². The predicted molar refractivity (Wildman–Crippen MR) is 122 cm³/mol. The molecular formula is C21H27FIN3O3. The van der Waals surface area contributed by atoms with Crippen LogP contribution in [0.4, 0.5) is 4.39 Å². The van der Waals surface area contributed by atoms with Gasteiger partial charge in [-0.25, -0.2) is 4.39 Å². The molecule has 0 radical (unpaired) electrons. The first-order valence-electron chi connectivity index (χ1n) is 9.17. The van der Waals surface area contributed by atoms with Crippen LogP contribution in [0.3, 0.4) is 0 Å². The second-order valence-electron chi connectivity index (χ2n) is 6.63. The van der Waals surface area contributed by atoms with Crippen molar-refractivity contribution in [3.63, 3.8) is 0 Å². The molecule has 0 saturated heterocycles. The molecule has 2 aromatic rings. The fraction of sp³-hybridized carbons (Fsp3) is 0.381. The maximum Gasteiger partial charge on any atom is 0.194 e.